The Bertz CT molecular complexity index is 640. The zero-order valence-corrected chi connectivity index (χ0v) is 15.2. The van der Waals surface area contributed by atoms with Gasteiger partial charge in [0.05, 0.1) is 5.92 Å². The number of benzene rings is 1. The summed E-state index contributed by atoms with van der Waals surface area (Å²) < 4.78 is 5.28. The van der Waals surface area contributed by atoms with E-state index in [2.05, 4.69) is 5.32 Å². The molecule has 1 saturated carbocycles. The van der Waals surface area contributed by atoms with Crippen LogP contribution in [-0.2, 0) is 14.3 Å². The summed E-state index contributed by atoms with van der Waals surface area (Å²) in [4.78, 5) is 23.9. The third kappa shape index (κ3) is 4.66. The van der Waals surface area contributed by atoms with Crippen molar-refractivity contribution in [3.63, 3.8) is 0 Å². The highest BCUT2D eigenvalue weighted by molar-refractivity contribution is 6.34. The second-order valence-corrected chi connectivity index (χ2v) is 7.66. The van der Waals surface area contributed by atoms with Gasteiger partial charge in [0.15, 0.2) is 0 Å². The van der Waals surface area contributed by atoms with Gasteiger partial charge in [0.25, 0.3) is 0 Å². The van der Waals surface area contributed by atoms with Gasteiger partial charge in [-0.15, -0.1) is 0 Å². The maximum Gasteiger partial charge on any atom is 0.308 e. The first-order valence-electron chi connectivity index (χ1n) is 8.50. The Morgan fingerprint density at radius 3 is 2.44 bits per heavy atom. The van der Waals surface area contributed by atoms with Gasteiger partial charge in [0.1, 0.15) is 0 Å². The number of carbonyl (C=O) groups excluding carboxylic acids is 1. The fourth-order valence-corrected chi connectivity index (χ4v) is 4.10. The number of aliphatic carboxylic acids is 1. The van der Waals surface area contributed by atoms with Crippen LogP contribution in [0.2, 0.25) is 10.0 Å². The first-order chi connectivity index (χ1) is 12.0. The quantitative estimate of drug-likeness (QED) is 0.787. The highest BCUT2D eigenvalue weighted by atomic mass is 35.5. The molecule has 1 aliphatic heterocycles. The summed E-state index contributed by atoms with van der Waals surface area (Å²) in [6, 6.07) is 5.32. The average Bonchev–Trinajstić information content (AvgIpc) is 3.35. The van der Waals surface area contributed by atoms with E-state index in [-0.39, 0.29) is 30.2 Å². The molecule has 3 unspecified atom stereocenters. The first kappa shape index (κ1) is 18.5. The third-order valence-electron chi connectivity index (χ3n) is 5.09. The van der Waals surface area contributed by atoms with Crippen molar-refractivity contribution < 1.29 is 19.4 Å². The number of rotatable bonds is 6. The zero-order valence-electron chi connectivity index (χ0n) is 13.7. The van der Waals surface area contributed by atoms with Crippen LogP contribution in [0.15, 0.2) is 18.2 Å². The number of hydrogen-bond acceptors (Lipinski definition) is 3. The Hall–Kier alpha value is -1.30. The van der Waals surface area contributed by atoms with Crippen LogP contribution in [0.3, 0.4) is 0 Å². The van der Waals surface area contributed by atoms with E-state index in [0.29, 0.717) is 23.3 Å². The molecule has 1 aliphatic carbocycles. The van der Waals surface area contributed by atoms with Crippen molar-refractivity contribution in [3.05, 3.63) is 33.8 Å². The molecule has 7 heteroatoms. The molecule has 1 amide bonds. The van der Waals surface area contributed by atoms with E-state index in [1.807, 2.05) is 12.1 Å². The minimum atomic E-state index is -0.860. The fourth-order valence-electron chi connectivity index (χ4n) is 3.56. The minimum Gasteiger partial charge on any atom is -0.481 e. The zero-order chi connectivity index (χ0) is 18.0. The number of carbonyl (C=O) groups is 2. The summed E-state index contributed by atoms with van der Waals surface area (Å²) in [5.74, 6) is -1.51. The lowest BCUT2D eigenvalue weighted by molar-refractivity contribution is -0.145. The highest BCUT2D eigenvalue weighted by Gasteiger charge is 2.44. The van der Waals surface area contributed by atoms with Gasteiger partial charge >= 0.3 is 5.97 Å². The maximum absolute atomic E-state index is 12.4. The van der Waals surface area contributed by atoms with Gasteiger partial charge in [-0.1, -0.05) is 23.2 Å². The van der Waals surface area contributed by atoms with Crippen molar-refractivity contribution in [3.8, 4) is 0 Å². The first-order valence-corrected chi connectivity index (χ1v) is 9.25. The lowest BCUT2D eigenvalue weighted by atomic mass is 9.86. The van der Waals surface area contributed by atoms with Crippen molar-refractivity contribution in [1.82, 2.24) is 5.32 Å². The van der Waals surface area contributed by atoms with Gasteiger partial charge in [0.2, 0.25) is 5.91 Å². The van der Waals surface area contributed by atoms with Crippen LogP contribution in [0.5, 0.6) is 0 Å². The second-order valence-electron chi connectivity index (χ2n) is 6.79. The normalized spacial score (nSPS) is 24.6. The molecule has 3 atom stereocenters. The molecule has 2 aliphatic rings. The van der Waals surface area contributed by atoms with Crippen LogP contribution >= 0.6 is 23.2 Å². The van der Waals surface area contributed by atoms with E-state index in [0.717, 1.165) is 24.8 Å². The Morgan fingerprint density at radius 1 is 1.20 bits per heavy atom. The number of ether oxygens (including phenoxy) is 1. The number of hydrogen-bond donors (Lipinski definition) is 2. The predicted octanol–water partition coefficient (Wildman–Crippen LogP) is 3.34. The topological polar surface area (TPSA) is 75.6 Å². The summed E-state index contributed by atoms with van der Waals surface area (Å²) in [6.45, 7) is 1.34. The van der Waals surface area contributed by atoms with Crippen LogP contribution in [0.1, 0.15) is 30.7 Å². The number of amides is 1. The number of carboxylic acids is 1. The van der Waals surface area contributed by atoms with Gasteiger partial charge in [-0.25, -0.2) is 0 Å². The van der Waals surface area contributed by atoms with E-state index >= 15 is 0 Å². The summed E-state index contributed by atoms with van der Waals surface area (Å²) in [5.41, 5.74) is 0.955. The van der Waals surface area contributed by atoms with E-state index in [1.165, 1.54) is 0 Å². The van der Waals surface area contributed by atoms with Gasteiger partial charge in [-0.05, 0) is 54.9 Å². The molecule has 2 fully saturated rings. The van der Waals surface area contributed by atoms with Crippen LogP contribution in [0, 0.1) is 17.8 Å². The Balaban J connectivity index is 1.54. The van der Waals surface area contributed by atoms with E-state index < -0.39 is 11.9 Å². The molecule has 5 nitrogen and oxygen atoms in total. The smallest absolute Gasteiger partial charge is 0.308 e. The van der Waals surface area contributed by atoms with Gasteiger partial charge in [-0.3, -0.25) is 9.59 Å². The monoisotopic (exact) mass is 385 g/mol. The summed E-state index contributed by atoms with van der Waals surface area (Å²) >= 11 is 12.0. The molecule has 3 rings (SSSR count). The molecule has 0 radical (unpaired) electrons. The molecule has 0 bridgehead atoms. The van der Waals surface area contributed by atoms with Gasteiger partial charge in [0, 0.05) is 35.7 Å². The molecular formula is C18H21Cl2NO4. The largest absolute Gasteiger partial charge is 0.481 e. The van der Waals surface area contributed by atoms with Crippen LogP contribution in [0.25, 0.3) is 0 Å². The standard InChI is InChI=1S/C18H21Cl2NO4/c19-12-5-11(6-13(20)7-12)14-8-15(14)17(22)21-9-16(18(23)24)10-1-3-25-4-2-10/h5-7,10,14-16H,1-4,8-9H2,(H,21,22)(H,23,24). The molecule has 1 heterocycles. The lowest BCUT2D eigenvalue weighted by Gasteiger charge is -2.27. The van der Waals surface area contributed by atoms with Crippen molar-refractivity contribution in [1.29, 1.82) is 0 Å². The van der Waals surface area contributed by atoms with Crippen molar-refractivity contribution in [2.75, 3.05) is 19.8 Å². The SMILES string of the molecule is O=C(O)C(CNC(=O)C1CC1c1cc(Cl)cc(Cl)c1)C1CCOCC1. The molecule has 1 aromatic rings. The average molecular weight is 386 g/mol. The molecule has 136 valence electrons. The Morgan fingerprint density at radius 2 is 1.84 bits per heavy atom. The van der Waals surface area contributed by atoms with Crippen molar-refractivity contribution in [2.45, 2.75) is 25.2 Å². The minimum absolute atomic E-state index is 0.0493. The van der Waals surface area contributed by atoms with Gasteiger partial charge in [-0.2, -0.15) is 0 Å². The fraction of sp³-hybridized carbons (Fsp3) is 0.556. The van der Waals surface area contributed by atoms with Crippen LogP contribution in [-0.4, -0.2) is 36.7 Å². The van der Waals surface area contributed by atoms with Crippen LogP contribution < -0.4 is 5.32 Å². The number of halogens is 2. The molecule has 1 saturated heterocycles. The molecule has 0 aromatic heterocycles. The number of carboxylic acid groups (broad SMARTS) is 1. The molecule has 0 spiro atoms. The van der Waals surface area contributed by atoms with Crippen molar-refractivity contribution >= 4 is 35.1 Å². The van der Waals surface area contributed by atoms with Gasteiger partial charge < -0.3 is 15.2 Å². The summed E-state index contributed by atoms with van der Waals surface area (Å²) in [5, 5.41) is 13.4. The summed E-state index contributed by atoms with van der Waals surface area (Å²) in [6.07, 6.45) is 2.18. The van der Waals surface area contributed by atoms with E-state index in [9.17, 15) is 14.7 Å². The van der Waals surface area contributed by atoms with E-state index in [4.69, 9.17) is 27.9 Å². The lowest BCUT2D eigenvalue weighted by Crippen LogP contribution is -2.39. The molecular weight excluding hydrogens is 365 g/mol. The highest BCUT2D eigenvalue weighted by Crippen LogP contribution is 2.48. The maximum atomic E-state index is 12.4. The second kappa shape index (κ2) is 7.94. The van der Waals surface area contributed by atoms with Crippen molar-refractivity contribution in [2.24, 2.45) is 17.8 Å². The Kier molecular flexibility index (Phi) is 5.87. The molecule has 1 aromatic carbocycles. The Labute approximate surface area is 156 Å². The third-order valence-corrected chi connectivity index (χ3v) is 5.53. The summed E-state index contributed by atoms with van der Waals surface area (Å²) in [7, 11) is 0. The number of nitrogens with one attached hydrogen (secondary N) is 1. The molecule has 25 heavy (non-hydrogen) atoms. The van der Waals surface area contributed by atoms with Crippen LogP contribution in [0.4, 0.5) is 0 Å². The predicted molar refractivity (Wildman–Crippen MR) is 95.0 cm³/mol. The van der Waals surface area contributed by atoms with E-state index in [1.54, 1.807) is 6.07 Å². The molecule has 2 N–H and O–H groups in total.